The summed E-state index contributed by atoms with van der Waals surface area (Å²) in [5.74, 6) is 0. The van der Waals surface area contributed by atoms with Gasteiger partial charge in [0.1, 0.15) is 0 Å². The van der Waals surface area contributed by atoms with E-state index in [4.69, 9.17) is 22.5 Å². The zero-order valence-electron chi connectivity index (χ0n) is 6.65. The maximum atomic E-state index is 10.8. The maximum Gasteiger partial charge on any atom is 0.491 e. The third kappa shape index (κ3) is 5.37. The predicted molar refractivity (Wildman–Crippen MR) is 47.3 cm³/mol. The van der Waals surface area contributed by atoms with E-state index in [1.165, 1.54) is 4.73 Å². The van der Waals surface area contributed by atoms with Crippen LogP contribution in [-0.2, 0) is 4.57 Å². The van der Waals surface area contributed by atoms with Gasteiger partial charge >= 0.3 is 6.07 Å². The molecule has 3 nitrogen and oxygen atoms in total. The van der Waals surface area contributed by atoms with E-state index in [1.807, 2.05) is 6.92 Å². The molecule has 7 heteroatoms. The fraction of sp³-hybridized carbons (Fsp3) is 0.167. The molecule has 0 saturated carbocycles. The molecular formula is C6H7Cl3NO2P. The lowest BCUT2D eigenvalue weighted by Crippen LogP contribution is -3.00. The Bertz CT molecular complexity index is 310. The van der Waals surface area contributed by atoms with E-state index < -0.39 is 6.07 Å². The Kier molecular flexibility index (Phi) is 5.08. The van der Waals surface area contributed by atoms with Crippen LogP contribution in [0.5, 0.6) is 0 Å². The van der Waals surface area contributed by atoms with Crippen LogP contribution >= 0.6 is 28.6 Å². The summed E-state index contributed by atoms with van der Waals surface area (Å²) >= 11 is 10.4. The lowest BCUT2D eigenvalue weighted by Gasteiger charge is -1.96. The molecule has 0 radical (unpaired) electrons. The second kappa shape index (κ2) is 5.06. The van der Waals surface area contributed by atoms with Crippen LogP contribution in [0.1, 0.15) is 5.56 Å². The Morgan fingerprint density at radius 1 is 1.38 bits per heavy atom. The van der Waals surface area contributed by atoms with Crippen molar-refractivity contribution in [3.05, 3.63) is 30.1 Å². The monoisotopic (exact) mass is 261 g/mol. The Morgan fingerprint density at radius 2 is 1.85 bits per heavy atom. The summed E-state index contributed by atoms with van der Waals surface area (Å²) in [6.07, 6.45) is -0.343. The Labute approximate surface area is 92.0 Å². The Morgan fingerprint density at radius 3 is 2.23 bits per heavy atom. The second-order valence-electron chi connectivity index (χ2n) is 2.23. The number of nitrogens with zero attached hydrogens (tertiary/aromatic N) is 1. The summed E-state index contributed by atoms with van der Waals surface area (Å²) < 4.78 is 16.6. The van der Waals surface area contributed by atoms with Crippen molar-refractivity contribution in [3.8, 4) is 0 Å². The molecule has 0 aliphatic rings. The first kappa shape index (κ1) is 13.1. The van der Waals surface area contributed by atoms with Crippen LogP contribution in [0.2, 0.25) is 0 Å². The fourth-order valence-electron chi connectivity index (χ4n) is 0.652. The van der Waals surface area contributed by atoms with Gasteiger partial charge in [-0.25, -0.2) is 4.57 Å². The molecule has 1 aromatic rings. The number of pyridine rings is 1. The SMILES string of the molecule is Cc1cc[n+](OP(=O)(Cl)Cl)cc1.[Cl-]. The van der Waals surface area contributed by atoms with Crippen LogP contribution in [0.4, 0.5) is 0 Å². The normalized spacial score (nSPS) is 10.4. The molecule has 0 atom stereocenters. The van der Waals surface area contributed by atoms with E-state index in [0.29, 0.717) is 0 Å². The van der Waals surface area contributed by atoms with E-state index in [9.17, 15) is 4.57 Å². The molecule has 0 fully saturated rings. The summed E-state index contributed by atoms with van der Waals surface area (Å²) in [7, 11) is 0. The highest BCUT2D eigenvalue weighted by atomic mass is 35.9. The van der Waals surface area contributed by atoms with Gasteiger partial charge < -0.3 is 12.4 Å². The summed E-state index contributed by atoms with van der Waals surface area (Å²) in [6.45, 7) is 1.92. The highest BCUT2D eigenvalue weighted by Crippen LogP contribution is 2.53. The van der Waals surface area contributed by atoms with Crippen molar-refractivity contribution in [2.75, 3.05) is 0 Å². The van der Waals surface area contributed by atoms with Gasteiger partial charge in [-0.3, -0.25) is 0 Å². The van der Waals surface area contributed by atoms with Gasteiger partial charge in [0.2, 0.25) is 12.4 Å². The topological polar surface area (TPSA) is 30.2 Å². The molecule has 0 bridgehead atoms. The highest BCUT2D eigenvalue weighted by Gasteiger charge is 2.22. The van der Waals surface area contributed by atoms with Gasteiger partial charge in [-0.15, -0.1) is 0 Å². The quantitative estimate of drug-likeness (QED) is 0.521. The van der Waals surface area contributed by atoms with Crippen LogP contribution < -0.4 is 21.8 Å². The first-order chi connectivity index (χ1) is 5.47. The van der Waals surface area contributed by atoms with Crippen molar-refractivity contribution in [2.24, 2.45) is 0 Å². The van der Waals surface area contributed by atoms with Gasteiger partial charge in [0, 0.05) is 39.3 Å². The van der Waals surface area contributed by atoms with Gasteiger partial charge in [0.25, 0.3) is 0 Å². The molecular weight excluding hydrogens is 255 g/mol. The molecule has 0 aliphatic heterocycles. The lowest BCUT2D eigenvalue weighted by atomic mass is 10.3. The summed E-state index contributed by atoms with van der Waals surface area (Å²) in [5, 5.41) is 0. The van der Waals surface area contributed by atoms with E-state index >= 15 is 0 Å². The van der Waals surface area contributed by atoms with Crippen molar-refractivity contribution in [1.29, 1.82) is 0 Å². The molecule has 0 saturated heterocycles. The molecule has 0 N–H and O–H groups in total. The minimum Gasteiger partial charge on any atom is -1.00 e. The zero-order valence-corrected chi connectivity index (χ0v) is 9.82. The Balaban J connectivity index is 0.00000144. The maximum absolute atomic E-state index is 10.8. The molecule has 0 spiro atoms. The third-order valence-electron chi connectivity index (χ3n) is 1.16. The summed E-state index contributed by atoms with van der Waals surface area (Å²) in [6, 6.07) is 3.56. The molecule has 1 heterocycles. The number of hydrogen-bond donors (Lipinski definition) is 0. The number of hydrogen-bond acceptors (Lipinski definition) is 2. The minimum atomic E-state index is -3.50. The van der Waals surface area contributed by atoms with Gasteiger partial charge in [-0.05, 0) is 12.5 Å². The average Bonchev–Trinajstić information content (AvgIpc) is 1.91. The Hall–Kier alpha value is 0.0500. The zero-order chi connectivity index (χ0) is 9.19. The fourth-order valence-corrected chi connectivity index (χ4v) is 1.41. The van der Waals surface area contributed by atoms with Crippen LogP contribution in [0.25, 0.3) is 0 Å². The molecule has 74 valence electrons. The van der Waals surface area contributed by atoms with Gasteiger partial charge in [0.05, 0.1) is 0 Å². The molecule has 1 aromatic heterocycles. The van der Waals surface area contributed by atoms with E-state index in [0.717, 1.165) is 5.56 Å². The second-order valence-corrected chi connectivity index (χ2v) is 6.41. The van der Waals surface area contributed by atoms with Crippen molar-refractivity contribution in [3.63, 3.8) is 0 Å². The van der Waals surface area contributed by atoms with Gasteiger partial charge in [-0.1, -0.05) is 0 Å². The number of rotatable bonds is 2. The highest BCUT2D eigenvalue weighted by molar-refractivity contribution is 8.05. The van der Waals surface area contributed by atoms with Crippen molar-refractivity contribution in [2.45, 2.75) is 6.92 Å². The van der Waals surface area contributed by atoms with Crippen molar-refractivity contribution in [1.82, 2.24) is 0 Å². The molecule has 13 heavy (non-hydrogen) atoms. The average molecular weight is 262 g/mol. The van der Waals surface area contributed by atoms with E-state index in [2.05, 4.69) is 4.62 Å². The molecule has 0 aromatic carbocycles. The first-order valence-electron chi connectivity index (χ1n) is 3.15. The van der Waals surface area contributed by atoms with Crippen LogP contribution in [0.3, 0.4) is 0 Å². The minimum absolute atomic E-state index is 0. The predicted octanol–water partition coefficient (Wildman–Crippen LogP) is -0.699. The largest absolute Gasteiger partial charge is 1.00 e. The van der Waals surface area contributed by atoms with Crippen LogP contribution in [0, 0.1) is 6.92 Å². The standard InChI is InChI=1S/C6H7Cl2NO2P.ClH/c1-6-2-4-9(5-3-6)11-12(7,8)10;/h2-5H,1H3;1H/q+1;/p-1. The van der Waals surface area contributed by atoms with Crippen molar-refractivity contribution >= 4 is 28.6 Å². The lowest BCUT2D eigenvalue weighted by molar-refractivity contribution is -0.857. The van der Waals surface area contributed by atoms with Gasteiger partial charge in [-0.2, -0.15) is 4.62 Å². The molecule has 0 unspecified atom stereocenters. The smallest absolute Gasteiger partial charge is 0.491 e. The van der Waals surface area contributed by atoms with Crippen LogP contribution in [-0.4, -0.2) is 0 Å². The van der Waals surface area contributed by atoms with E-state index in [1.54, 1.807) is 24.5 Å². The van der Waals surface area contributed by atoms with Gasteiger partial charge in [0.15, 0.2) is 0 Å². The third-order valence-corrected chi connectivity index (χ3v) is 1.91. The summed E-state index contributed by atoms with van der Waals surface area (Å²) in [5.41, 5.74) is 1.06. The molecule has 0 amide bonds. The summed E-state index contributed by atoms with van der Waals surface area (Å²) in [4.78, 5) is 0. The molecule has 0 aliphatic carbocycles. The van der Waals surface area contributed by atoms with Crippen LogP contribution in [0.15, 0.2) is 24.5 Å². The number of aryl methyl sites for hydroxylation is 1. The molecule has 1 rings (SSSR count). The number of halogens is 3. The van der Waals surface area contributed by atoms with Crippen molar-refractivity contribution < 1.29 is 26.3 Å². The number of aromatic nitrogens is 1. The first-order valence-corrected chi connectivity index (χ1v) is 6.58. The van der Waals surface area contributed by atoms with E-state index in [-0.39, 0.29) is 12.4 Å².